The molecule has 4 heterocycles. The smallest absolute Gasteiger partial charge is 0.410 e. The fourth-order valence-corrected chi connectivity index (χ4v) is 7.14. The second-order valence-electron chi connectivity index (χ2n) is 13.1. The van der Waals surface area contributed by atoms with Crippen molar-refractivity contribution in [2.24, 2.45) is 11.8 Å². The van der Waals surface area contributed by atoms with Gasteiger partial charge in [-0.1, -0.05) is 19.1 Å². The number of Topliss-reactive ketones (excluding diaryl/α,β-unsaturated/α-hetero) is 1. The molecule has 0 spiro atoms. The number of esters is 1. The van der Waals surface area contributed by atoms with E-state index in [9.17, 15) is 19.5 Å². The number of hydrogen-bond donors (Lipinski definition) is 2. The van der Waals surface area contributed by atoms with Gasteiger partial charge in [0.15, 0.2) is 5.60 Å². The molecule has 0 aliphatic carbocycles. The van der Waals surface area contributed by atoms with Crippen LogP contribution in [0, 0.1) is 11.8 Å². The molecule has 2 N–H and O–H groups in total. The molecule has 242 valence electrons. The summed E-state index contributed by atoms with van der Waals surface area (Å²) in [6.07, 6.45) is 4.80. The minimum Gasteiger partial charge on any atom is -0.458 e. The maximum atomic E-state index is 13.4. The van der Waals surface area contributed by atoms with Crippen molar-refractivity contribution in [2.45, 2.75) is 115 Å². The van der Waals surface area contributed by atoms with E-state index >= 15 is 0 Å². The first kappa shape index (κ1) is 34.0. The van der Waals surface area contributed by atoms with E-state index in [1.807, 2.05) is 40.2 Å². The lowest BCUT2D eigenvalue weighted by Crippen LogP contribution is -2.60. The van der Waals surface area contributed by atoms with Gasteiger partial charge in [-0.15, -0.1) is 16.4 Å². The molecule has 2 saturated heterocycles. The number of fused-ring (bicyclic) bond motifs is 1. The molecule has 8 atom stereocenters. The molecule has 0 aromatic carbocycles. The Kier molecular flexibility index (Phi) is 10.9. The molecule has 4 rings (SSSR count). The Balaban J connectivity index is 1.52. The number of hydrogen-bond acceptors (Lipinski definition) is 11. The van der Waals surface area contributed by atoms with Crippen LogP contribution in [0.2, 0.25) is 5.82 Å². The van der Waals surface area contributed by atoms with Gasteiger partial charge in [-0.3, -0.25) is 19.2 Å². The molecule has 0 saturated carbocycles. The van der Waals surface area contributed by atoms with Gasteiger partial charge < -0.3 is 19.9 Å². The van der Waals surface area contributed by atoms with Gasteiger partial charge in [-0.2, -0.15) is 0 Å². The lowest BCUT2D eigenvalue weighted by molar-refractivity contribution is -0.169. The molecular weight excluding hydrogens is 583 g/mol. The summed E-state index contributed by atoms with van der Waals surface area (Å²) < 4.78 is 13.8. The molecule has 2 aliphatic rings. The van der Waals surface area contributed by atoms with Crippen LogP contribution < -0.4 is 5.32 Å². The number of carbonyl (C=O) groups excluding carboxylic acids is 3. The third-order valence-corrected chi connectivity index (χ3v) is 10.2. The number of aryl methyl sites for hydroxylation is 1. The molecule has 0 bridgehead atoms. The Hall–Kier alpha value is -2.84. The highest BCUT2D eigenvalue weighted by Crippen LogP contribution is 2.39. The van der Waals surface area contributed by atoms with Crippen LogP contribution in [0.15, 0.2) is 17.8 Å². The van der Waals surface area contributed by atoms with Gasteiger partial charge in [0.05, 0.1) is 17.8 Å². The molecule has 12 nitrogen and oxygen atoms in total. The topological polar surface area (TPSA) is 149 Å². The van der Waals surface area contributed by atoms with E-state index in [0.717, 1.165) is 17.1 Å². The zero-order valence-electron chi connectivity index (χ0n) is 27.0. The van der Waals surface area contributed by atoms with Gasteiger partial charge >= 0.3 is 12.1 Å². The maximum absolute atomic E-state index is 13.4. The lowest BCUT2D eigenvalue weighted by atomic mass is 9.67. The van der Waals surface area contributed by atoms with Crippen molar-refractivity contribution in [2.75, 3.05) is 13.1 Å². The van der Waals surface area contributed by atoms with Crippen LogP contribution in [-0.4, -0.2) is 98.2 Å². The number of aromatic nitrogens is 4. The average molecular weight is 631 g/mol. The SMILES string of the molecule is B[C@@H]1CC(=O)[C@@H](C)C(=O)O[C@H](CC)[C@@]2(C)OC(=O)N(CCCCn3cc(-c4nccs4)nn3)[C@@H]2[C@@H](C)NC[C@H](C)C[C@]1(C)O. The monoisotopic (exact) mass is 630 g/mol. The number of unbranched alkanes of at least 4 members (excludes halogenated alkanes) is 1. The number of rotatable bonds is 7. The Morgan fingerprint density at radius 3 is 2.59 bits per heavy atom. The number of nitrogens with one attached hydrogen (secondary N) is 1. The zero-order chi connectivity index (χ0) is 32.2. The number of cyclic esters (lactones) is 1. The molecule has 0 unspecified atom stereocenters. The highest BCUT2D eigenvalue weighted by atomic mass is 32.1. The first-order valence-electron chi connectivity index (χ1n) is 15.7. The fraction of sp³-hybridized carbons (Fsp3) is 0.733. The summed E-state index contributed by atoms with van der Waals surface area (Å²) in [5, 5.41) is 26.0. The predicted octanol–water partition coefficient (Wildman–Crippen LogP) is 2.87. The second kappa shape index (κ2) is 14.1. The number of carbonyl (C=O) groups is 3. The number of ketones is 1. The van der Waals surface area contributed by atoms with Crippen LogP contribution >= 0.6 is 11.3 Å². The van der Waals surface area contributed by atoms with Gasteiger partial charge in [0.25, 0.3) is 0 Å². The van der Waals surface area contributed by atoms with E-state index in [2.05, 4.69) is 27.5 Å². The van der Waals surface area contributed by atoms with E-state index in [1.54, 1.807) is 29.6 Å². The highest BCUT2D eigenvalue weighted by molar-refractivity contribution is 7.13. The van der Waals surface area contributed by atoms with Crippen molar-refractivity contribution >= 4 is 37.0 Å². The van der Waals surface area contributed by atoms with Crippen LogP contribution in [0.3, 0.4) is 0 Å². The van der Waals surface area contributed by atoms with Crippen LogP contribution in [0.5, 0.6) is 0 Å². The van der Waals surface area contributed by atoms with Gasteiger partial charge in [0.1, 0.15) is 36.4 Å². The molecule has 2 aliphatic heterocycles. The van der Waals surface area contributed by atoms with Crippen molar-refractivity contribution in [3.8, 4) is 10.7 Å². The van der Waals surface area contributed by atoms with E-state index in [4.69, 9.17) is 9.47 Å². The van der Waals surface area contributed by atoms with Crippen LogP contribution in [0.25, 0.3) is 10.7 Å². The van der Waals surface area contributed by atoms with Gasteiger partial charge in [0.2, 0.25) is 0 Å². The molecule has 2 fully saturated rings. The van der Waals surface area contributed by atoms with Crippen LogP contribution in [-0.2, 0) is 25.6 Å². The predicted molar refractivity (Wildman–Crippen MR) is 169 cm³/mol. The standard InChI is InChI=1S/C30H47BN6O6S/c1-7-24-30(6)25(20(4)33-16-18(2)15-29(5,41)23(31)14-22(38)19(3)27(39)42-24)37(28(40)43-30)12-9-8-11-36-17-21(34-35-36)26-32-10-13-44-26/h10,13,17-20,23-25,33,41H,7-9,11-12,14-16,31H2,1-6H3/t18-,19-,20-,23-,24-,25-,29+,30-/m1/s1. The largest absolute Gasteiger partial charge is 0.458 e. The fourth-order valence-electron chi connectivity index (χ4n) is 6.55. The first-order chi connectivity index (χ1) is 20.8. The number of thiazole rings is 1. The normalized spacial score (nSPS) is 34.2. The highest BCUT2D eigenvalue weighted by Gasteiger charge is 2.58. The minimum atomic E-state index is -1.15. The quantitative estimate of drug-likeness (QED) is 0.203. The zero-order valence-corrected chi connectivity index (χ0v) is 27.8. The Bertz CT molecular complexity index is 1290. The van der Waals surface area contributed by atoms with Gasteiger partial charge in [0, 0.05) is 37.1 Å². The summed E-state index contributed by atoms with van der Waals surface area (Å²) >= 11 is 1.51. The Labute approximate surface area is 264 Å². The Morgan fingerprint density at radius 2 is 1.91 bits per heavy atom. The van der Waals surface area contributed by atoms with E-state index in [1.165, 1.54) is 11.3 Å². The van der Waals surface area contributed by atoms with Gasteiger partial charge in [-0.25, -0.2) is 9.78 Å². The number of aliphatic hydroxyl groups is 1. The summed E-state index contributed by atoms with van der Waals surface area (Å²) in [5.41, 5.74) is -1.50. The van der Waals surface area contributed by atoms with Crippen molar-refractivity contribution in [3.05, 3.63) is 17.8 Å². The number of amides is 1. The second-order valence-corrected chi connectivity index (χ2v) is 14.0. The number of nitrogens with zero attached hydrogens (tertiary/aromatic N) is 5. The third kappa shape index (κ3) is 7.51. The number of ether oxygens (including phenoxy) is 2. The molecular formula is C30H47BN6O6S. The van der Waals surface area contributed by atoms with Crippen molar-refractivity contribution < 1.29 is 29.0 Å². The first-order valence-corrected chi connectivity index (χ1v) is 16.6. The lowest BCUT2D eigenvalue weighted by Gasteiger charge is -2.41. The molecule has 1 amide bonds. The molecule has 0 radical (unpaired) electrons. The van der Waals surface area contributed by atoms with E-state index in [-0.39, 0.29) is 30.0 Å². The Morgan fingerprint density at radius 1 is 1.18 bits per heavy atom. The van der Waals surface area contributed by atoms with Crippen molar-refractivity contribution in [1.29, 1.82) is 0 Å². The van der Waals surface area contributed by atoms with Gasteiger partial charge in [-0.05, 0) is 71.7 Å². The van der Waals surface area contributed by atoms with Crippen LogP contribution in [0.4, 0.5) is 4.79 Å². The molecule has 14 heteroatoms. The van der Waals surface area contributed by atoms with Crippen LogP contribution in [0.1, 0.15) is 73.6 Å². The van der Waals surface area contributed by atoms with Crippen molar-refractivity contribution in [1.82, 2.24) is 30.2 Å². The van der Waals surface area contributed by atoms with E-state index in [0.29, 0.717) is 38.9 Å². The maximum Gasteiger partial charge on any atom is 0.410 e. The molecule has 2 aromatic heterocycles. The average Bonchev–Trinajstić information content (AvgIpc) is 3.71. The summed E-state index contributed by atoms with van der Waals surface area (Å²) in [6.45, 7) is 12.7. The minimum absolute atomic E-state index is 0.0695. The molecule has 2 aromatic rings. The summed E-state index contributed by atoms with van der Waals surface area (Å²) in [5.74, 6) is -2.16. The van der Waals surface area contributed by atoms with E-state index < -0.39 is 41.3 Å². The van der Waals surface area contributed by atoms with Crippen molar-refractivity contribution in [3.63, 3.8) is 0 Å². The molecule has 44 heavy (non-hydrogen) atoms. The third-order valence-electron chi connectivity index (χ3n) is 9.39. The summed E-state index contributed by atoms with van der Waals surface area (Å²) in [7, 11) is 1.84. The summed E-state index contributed by atoms with van der Waals surface area (Å²) in [6, 6.07) is -0.664. The summed E-state index contributed by atoms with van der Waals surface area (Å²) in [4.78, 5) is 45.8.